The fraction of sp³-hybridized carbons (Fsp3) is 0.909. The third-order valence-corrected chi connectivity index (χ3v) is 2.32. The first-order valence-corrected chi connectivity index (χ1v) is 5.59. The first kappa shape index (κ1) is 14.4. The van der Waals surface area contributed by atoms with Gasteiger partial charge in [0.15, 0.2) is 0 Å². The van der Waals surface area contributed by atoms with Crippen LogP contribution in [0.3, 0.4) is 0 Å². The zero-order valence-corrected chi connectivity index (χ0v) is 9.79. The number of ether oxygens (including phenoxy) is 1. The molecule has 15 heavy (non-hydrogen) atoms. The number of aliphatic hydroxyl groups excluding tert-OH is 1. The van der Waals surface area contributed by atoms with E-state index in [4.69, 9.17) is 5.11 Å². The minimum atomic E-state index is -0.147. The summed E-state index contributed by atoms with van der Waals surface area (Å²) in [6, 6.07) is 0. The Morgan fingerprint density at radius 2 is 2.07 bits per heavy atom. The van der Waals surface area contributed by atoms with Crippen molar-refractivity contribution in [1.29, 1.82) is 0 Å². The third-order valence-electron chi connectivity index (χ3n) is 2.32. The van der Waals surface area contributed by atoms with Crippen LogP contribution in [0.4, 0.5) is 0 Å². The number of hydrogen-bond donors (Lipinski definition) is 2. The highest BCUT2D eigenvalue weighted by molar-refractivity contribution is 5.68. The highest BCUT2D eigenvalue weighted by Gasteiger charge is 2.00. The van der Waals surface area contributed by atoms with E-state index in [9.17, 15) is 4.79 Å². The standard InChI is InChI=1S/C11H23NO3/c1-10(9-13)5-3-7-12-8-4-6-11(14)15-2/h10,12-13H,3-9H2,1-2H3. The van der Waals surface area contributed by atoms with Gasteiger partial charge in [0.1, 0.15) is 0 Å². The Morgan fingerprint density at radius 1 is 1.40 bits per heavy atom. The van der Waals surface area contributed by atoms with Crippen LogP contribution in [-0.4, -0.2) is 37.9 Å². The van der Waals surface area contributed by atoms with E-state index in [2.05, 4.69) is 10.1 Å². The van der Waals surface area contributed by atoms with Gasteiger partial charge in [-0.1, -0.05) is 6.92 Å². The number of carbonyl (C=O) groups excluding carboxylic acids is 1. The lowest BCUT2D eigenvalue weighted by molar-refractivity contribution is -0.140. The van der Waals surface area contributed by atoms with Crippen molar-refractivity contribution in [2.45, 2.75) is 32.6 Å². The smallest absolute Gasteiger partial charge is 0.305 e. The van der Waals surface area contributed by atoms with Crippen LogP contribution < -0.4 is 5.32 Å². The van der Waals surface area contributed by atoms with Crippen LogP contribution in [0, 0.1) is 5.92 Å². The summed E-state index contributed by atoms with van der Waals surface area (Å²) >= 11 is 0. The Bertz CT molecular complexity index is 162. The van der Waals surface area contributed by atoms with Crippen LogP contribution in [0.25, 0.3) is 0 Å². The van der Waals surface area contributed by atoms with E-state index in [1.54, 1.807) is 0 Å². The average Bonchev–Trinajstić information content (AvgIpc) is 2.26. The largest absolute Gasteiger partial charge is 0.469 e. The SMILES string of the molecule is COC(=O)CCCNCCCC(C)CO. The van der Waals surface area contributed by atoms with E-state index in [0.717, 1.165) is 32.4 Å². The number of methoxy groups -OCH3 is 1. The molecular weight excluding hydrogens is 194 g/mol. The molecule has 0 radical (unpaired) electrons. The molecular formula is C11H23NO3. The van der Waals surface area contributed by atoms with Crippen molar-refractivity contribution in [1.82, 2.24) is 5.32 Å². The van der Waals surface area contributed by atoms with Gasteiger partial charge in [0.05, 0.1) is 7.11 Å². The fourth-order valence-corrected chi connectivity index (χ4v) is 1.25. The molecule has 0 aromatic carbocycles. The van der Waals surface area contributed by atoms with Gasteiger partial charge < -0.3 is 15.2 Å². The Hall–Kier alpha value is -0.610. The lowest BCUT2D eigenvalue weighted by Gasteiger charge is -2.07. The Morgan fingerprint density at radius 3 is 2.67 bits per heavy atom. The highest BCUT2D eigenvalue weighted by Crippen LogP contribution is 2.02. The number of aliphatic hydroxyl groups is 1. The molecule has 4 nitrogen and oxygen atoms in total. The summed E-state index contributed by atoms with van der Waals surface area (Å²) in [5, 5.41) is 12.0. The molecule has 0 aliphatic carbocycles. The van der Waals surface area contributed by atoms with E-state index < -0.39 is 0 Å². The predicted molar refractivity (Wildman–Crippen MR) is 59.6 cm³/mol. The molecule has 0 aromatic rings. The van der Waals surface area contributed by atoms with Gasteiger partial charge in [-0.15, -0.1) is 0 Å². The monoisotopic (exact) mass is 217 g/mol. The summed E-state index contributed by atoms with van der Waals surface area (Å²) in [5.74, 6) is 0.243. The maximum atomic E-state index is 10.8. The van der Waals surface area contributed by atoms with Gasteiger partial charge in [0.2, 0.25) is 0 Å². The maximum absolute atomic E-state index is 10.8. The van der Waals surface area contributed by atoms with Crippen molar-refractivity contribution in [3.05, 3.63) is 0 Å². The van der Waals surface area contributed by atoms with Gasteiger partial charge in [-0.25, -0.2) is 0 Å². The van der Waals surface area contributed by atoms with Crippen molar-refractivity contribution < 1.29 is 14.6 Å². The van der Waals surface area contributed by atoms with E-state index in [1.807, 2.05) is 6.92 Å². The molecule has 90 valence electrons. The topological polar surface area (TPSA) is 58.6 Å². The second kappa shape index (κ2) is 9.93. The molecule has 0 fully saturated rings. The van der Waals surface area contributed by atoms with E-state index in [0.29, 0.717) is 12.3 Å². The summed E-state index contributed by atoms with van der Waals surface area (Å²) in [7, 11) is 1.41. The Kier molecular flexibility index (Phi) is 9.52. The molecule has 1 atom stereocenters. The van der Waals surface area contributed by atoms with E-state index >= 15 is 0 Å². The van der Waals surface area contributed by atoms with Crippen molar-refractivity contribution >= 4 is 5.97 Å². The van der Waals surface area contributed by atoms with Gasteiger partial charge in [0, 0.05) is 13.0 Å². The van der Waals surface area contributed by atoms with Crippen molar-refractivity contribution in [2.24, 2.45) is 5.92 Å². The molecule has 0 saturated carbocycles. The second-order valence-corrected chi connectivity index (χ2v) is 3.86. The van der Waals surface area contributed by atoms with Crippen LogP contribution in [0.1, 0.15) is 32.6 Å². The number of rotatable bonds is 9. The Balaban J connectivity index is 3.08. The third kappa shape index (κ3) is 9.69. The molecule has 0 spiro atoms. The minimum absolute atomic E-state index is 0.147. The molecule has 4 heteroatoms. The average molecular weight is 217 g/mol. The fourth-order valence-electron chi connectivity index (χ4n) is 1.25. The molecule has 1 unspecified atom stereocenters. The van der Waals surface area contributed by atoms with Crippen LogP contribution in [0.5, 0.6) is 0 Å². The molecule has 2 N–H and O–H groups in total. The lowest BCUT2D eigenvalue weighted by atomic mass is 10.1. The first-order valence-electron chi connectivity index (χ1n) is 5.59. The van der Waals surface area contributed by atoms with E-state index in [-0.39, 0.29) is 12.6 Å². The predicted octanol–water partition coefficient (Wildman–Crippen LogP) is 0.938. The van der Waals surface area contributed by atoms with E-state index in [1.165, 1.54) is 7.11 Å². The quantitative estimate of drug-likeness (QED) is 0.446. The Labute approximate surface area is 92.0 Å². The zero-order valence-electron chi connectivity index (χ0n) is 9.79. The van der Waals surface area contributed by atoms with Gasteiger partial charge in [-0.2, -0.15) is 0 Å². The van der Waals surface area contributed by atoms with Crippen LogP contribution >= 0.6 is 0 Å². The minimum Gasteiger partial charge on any atom is -0.469 e. The molecule has 0 bridgehead atoms. The van der Waals surface area contributed by atoms with Gasteiger partial charge in [0.25, 0.3) is 0 Å². The number of hydrogen-bond acceptors (Lipinski definition) is 4. The lowest BCUT2D eigenvalue weighted by Crippen LogP contribution is -2.18. The number of esters is 1. The van der Waals surface area contributed by atoms with Crippen LogP contribution in [0.15, 0.2) is 0 Å². The summed E-state index contributed by atoms with van der Waals surface area (Å²) in [4.78, 5) is 10.8. The zero-order chi connectivity index (χ0) is 11.5. The summed E-state index contributed by atoms with van der Waals surface area (Å²) in [6.07, 6.45) is 3.42. The van der Waals surface area contributed by atoms with Gasteiger partial charge >= 0.3 is 5.97 Å². The molecule has 0 rings (SSSR count). The maximum Gasteiger partial charge on any atom is 0.305 e. The summed E-state index contributed by atoms with van der Waals surface area (Å²) < 4.78 is 4.53. The molecule has 0 heterocycles. The normalized spacial score (nSPS) is 12.5. The van der Waals surface area contributed by atoms with Crippen molar-refractivity contribution in [3.63, 3.8) is 0 Å². The number of nitrogens with one attached hydrogen (secondary N) is 1. The molecule has 0 aliphatic heterocycles. The van der Waals surface area contributed by atoms with Crippen LogP contribution in [0.2, 0.25) is 0 Å². The van der Waals surface area contributed by atoms with Gasteiger partial charge in [-0.3, -0.25) is 4.79 Å². The molecule has 0 aliphatic rings. The second-order valence-electron chi connectivity index (χ2n) is 3.86. The first-order chi connectivity index (χ1) is 7.20. The van der Waals surface area contributed by atoms with Crippen molar-refractivity contribution in [2.75, 3.05) is 26.8 Å². The highest BCUT2D eigenvalue weighted by atomic mass is 16.5. The van der Waals surface area contributed by atoms with Crippen molar-refractivity contribution in [3.8, 4) is 0 Å². The number of carbonyl (C=O) groups is 1. The van der Waals surface area contributed by atoms with Gasteiger partial charge in [-0.05, 0) is 38.3 Å². The van der Waals surface area contributed by atoms with Crippen LogP contribution in [-0.2, 0) is 9.53 Å². The molecule has 0 aromatic heterocycles. The summed E-state index contributed by atoms with van der Waals surface area (Å²) in [5.41, 5.74) is 0. The summed E-state index contributed by atoms with van der Waals surface area (Å²) in [6.45, 7) is 4.10. The molecule has 0 amide bonds. The molecule has 0 saturated heterocycles.